The Morgan fingerprint density at radius 3 is 2.89 bits per heavy atom. The molecule has 0 amide bonds. The van der Waals surface area contributed by atoms with Crippen molar-refractivity contribution in [1.29, 1.82) is 0 Å². The normalized spacial score (nSPS) is 20.3. The number of hydrogen-bond donors (Lipinski definition) is 1. The van der Waals surface area contributed by atoms with E-state index in [4.69, 9.17) is 4.52 Å². The first-order valence-electron chi connectivity index (χ1n) is 6.38. The number of likely N-dealkylation sites (N-methyl/N-ethyl adjacent to an activating group) is 1. The highest BCUT2D eigenvalue weighted by Crippen LogP contribution is 2.13. The molecule has 5 nitrogen and oxygen atoms in total. The van der Waals surface area contributed by atoms with Crippen molar-refractivity contribution < 1.29 is 4.52 Å². The van der Waals surface area contributed by atoms with E-state index in [-0.39, 0.29) is 12.4 Å². The summed E-state index contributed by atoms with van der Waals surface area (Å²) in [5.74, 6) is 2.15. The van der Waals surface area contributed by atoms with Crippen molar-refractivity contribution in [3.05, 3.63) is 11.7 Å². The highest BCUT2D eigenvalue weighted by atomic mass is 35.5. The fourth-order valence-corrected chi connectivity index (χ4v) is 2.21. The summed E-state index contributed by atoms with van der Waals surface area (Å²) in [5.41, 5.74) is 0. The van der Waals surface area contributed by atoms with Gasteiger partial charge in [-0.3, -0.25) is 4.90 Å². The van der Waals surface area contributed by atoms with E-state index >= 15 is 0 Å². The minimum atomic E-state index is 0. The van der Waals surface area contributed by atoms with Crippen LogP contribution in [0.25, 0.3) is 0 Å². The molecule has 1 unspecified atom stereocenters. The molecule has 0 saturated carbocycles. The van der Waals surface area contributed by atoms with E-state index in [9.17, 15) is 0 Å². The summed E-state index contributed by atoms with van der Waals surface area (Å²) in [5, 5.41) is 7.31. The zero-order valence-corrected chi connectivity index (χ0v) is 12.2. The maximum absolute atomic E-state index is 5.27. The Kier molecular flexibility index (Phi) is 6.05. The standard InChI is InChI=1S/C12H22N4O.ClH/c1-9(2)6-11-14-12(17-15-11)8-16-5-4-10(7-16)13-3;/h9-10,13H,4-8H2,1-3H3;1H. The SMILES string of the molecule is CNC1CCN(Cc2nc(CC(C)C)no2)C1.Cl. The first kappa shape index (κ1) is 15.4. The van der Waals surface area contributed by atoms with Gasteiger partial charge in [0.15, 0.2) is 5.82 Å². The summed E-state index contributed by atoms with van der Waals surface area (Å²) in [7, 11) is 2.02. The minimum absolute atomic E-state index is 0. The van der Waals surface area contributed by atoms with Gasteiger partial charge in [-0.25, -0.2) is 0 Å². The zero-order chi connectivity index (χ0) is 12.3. The molecule has 0 aromatic carbocycles. The largest absolute Gasteiger partial charge is 0.338 e. The van der Waals surface area contributed by atoms with Crippen LogP contribution < -0.4 is 5.32 Å². The molecule has 1 saturated heterocycles. The van der Waals surface area contributed by atoms with Crippen LogP contribution >= 0.6 is 12.4 Å². The average Bonchev–Trinajstić information content (AvgIpc) is 2.88. The van der Waals surface area contributed by atoms with Gasteiger partial charge < -0.3 is 9.84 Å². The predicted octanol–water partition coefficient (Wildman–Crippen LogP) is 1.48. The van der Waals surface area contributed by atoms with E-state index in [1.54, 1.807) is 0 Å². The molecule has 0 spiro atoms. The van der Waals surface area contributed by atoms with E-state index in [1.165, 1.54) is 6.42 Å². The lowest BCUT2D eigenvalue weighted by molar-refractivity contribution is 0.263. The van der Waals surface area contributed by atoms with Crippen LogP contribution in [0.2, 0.25) is 0 Å². The highest BCUT2D eigenvalue weighted by Gasteiger charge is 2.22. The van der Waals surface area contributed by atoms with Gasteiger partial charge in [0.05, 0.1) is 6.54 Å². The Balaban J connectivity index is 0.00000162. The summed E-state index contributed by atoms with van der Waals surface area (Å²) in [6, 6.07) is 0.605. The second-order valence-electron chi connectivity index (χ2n) is 5.21. The summed E-state index contributed by atoms with van der Waals surface area (Å²) >= 11 is 0. The van der Waals surface area contributed by atoms with Crippen LogP contribution in [0.4, 0.5) is 0 Å². The van der Waals surface area contributed by atoms with Crippen LogP contribution in [0.5, 0.6) is 0 Å². The third-order valence-corrected chi connectivity index (χ3v) is 3.14. The Morgan fingerprint density at radius 2 is 2.28 bits per heavy atom. The van der Waals surface area contributed by atoms with E-state index < -0.39 is 0 Å². The van der Waals surface area contributed by atoms with Crippen LogP contribution in [0.1, 0.15) is 32.0 Å². The van der Waals surface area contributed by atoms with Crippen LogP contribution in [0.3, 0.4) is 0 Å². The maximum Gasteiger partial charge on any atom is 0.240 e. The van der Waals surface area contributed by atoms with Crippen molar-refractivity contribution in [3.8, 4) is 0 Å². The fourth-order valence-electron chi connectivity index (χ4n) is 2.21. The van der Waals surface area contributed by atoms with Crippen molar-refractivity contribution in [2.24, 2.45) is 5.92 Å². The third-order valence-electron chi connectivity index (χ3n) is 3.14. The number of nitrogens with zero attached hydrogens (tertiary/aromatic N) is 3. The quantitative estimate of drug-likeness (QED) is 0.882. The van der Waals surface area contributed by atoms with Gasteiger partial charge in [-0.1, -0.05) is 19.0 Å². The second kappa shape index (κ2) is 7.07. The lowest BCUT2D eigenvalue weighted by Crippen LogP contribution is -2.29. The van der Waals surface area contributed by atoms with Crippen molar-refractivity contribution in [2.75, 3.05) is 20.1 Å². The van der Waals surface area contributed by atoms with Gasteiger partial charge in [-0.2, -0.15) is 4.98 Å². The molecule has 2 rings (SSSR count). The zero-order valence-electron chi connectivity index (χ0n) is 11.3. The van der Waals surface area contributed by atoms with Gasteiger partial charge in [0.2, 0.25) is 5.89 Å². The molecule has 6 heteroatoms. The Hall–Kier alpha value is -0.650. The van der Waals surface area contributed by atoms with E-state index in [0.717, 1.165) is 37.8 Å². The Bertz CT molecular complexity index is 356. The molecule has 104 valence electrons. The Labute approximate surface area is 115 Å². The summed E-state index contributed by atoms with van der Waals surface area (Å²) in [6.45, 7) is 7.27. The molecule has 0 aliphatic carbocycles. The monoisotopic (exact) mass is 274 g/mol. The predicted molar refractivity (Wildman–Crippen MR) is 72.8 cm³/mol. The molecule has 1 fully saturated rings. The molecule has 1 N–H and O–H groups in total. The topological polar surface area (TPSA) is 54.2 Å². The van der Waals surface area contributed by atoms with Gasteiger partial charge in [0.25, 0.3) is 0 Å². The second-order valence-corrected chi connectivity index (χ2v) is 5.21. The molecule has 0 bridgehead atoms. The summed E-state index contributed by atoms with van der Waals surface area (Å²) in [4.78, 5) is 6.78. The number of halogens is 1. The highest BCUT2D eigenvalue weighted by molar-refractivity contribution is 5.85. The van der Waals surface area contributed by atoms with Crippen LogP contribution in [-0.4, -0.2) is 41.2 Å². The third kappa shape index (κ3) is 4.23. The molecule has 1 atom stereocenters. The molecule has 1 aliphatic rings. The van der Waals surface area contributed by atoms with Gasteiger partial charge >= 0.3 is 0 Å². The molecule has 1 aromatic heterocycles. The maximum atomic E-state index is 5.27. The first-order valence-corrected chi connectivity index (χ1v) is 6.38. The molecule has 1 aromatic rings. The lowest BCUT2D eigenvalue weighted by Gasteiger charge is -2.12. The van der Waals surface area contributed by atoms with E-state index in [0.29, 0.717) is 12.0 Å². The van der Waals surface area contributed by atoms with Crippen LogP contribution in [0.15, 0.2) is 4.52 Å². The van der Waals surface area contributed by atoms with Crippen LogP contribution in [0, 0.1) is 5.92 Å². The molecule has 18 heavy (non-hydrogen) atoms. The molecular weight excluding hydrogens is 252 g/mol. The van der Waals surface area contributed by atoms with Crippen molar-refractivity contribution in [3.63, 3.8) is 0 Å². The average molecular weight is 275 g/mol. The number of likely N-dealkylation sites (tertiary alicyclic amines) is 1. The summed E-state index contributed by atoms with van der Waals surface area (Å²) in [6.07, 6.45) is 2.09. The van der Waals surface area contributed by atoms with Crippen molar-refractivity contribution in [2.45, 2.75) is 39.3 Å². The molecular formula is C12H23ClN4O. The summed E-state index contributed by atoms with van der Waals surface area (Å²) < 4.78 is 5.27. The smallest absolute Gasteiger partial charge is 0.240 e. The molecule has 2 heterocycles. The lowest BCUT2D eigenvalue weighted by atomic mass is 10.1. The van der Waals surface area contributed by atoms with Crippen molar-refractivity contribution >= 4 is 12.4 Å². The fraction of sp³-hybridized carbons (Fsp3) is 0.833. The number of nitrogens with one attached hydrogen (secondary N) is 1. The van der Waals surface area contributed by atoms with E-state index in [1.807, 2.05) is 7.05 Å². The van der Waals surface area contributed by atoms with Gasteiger partial charge in [0, 0.05) is 25.6 Å². The molecule has 1 aliphatic heterocycles. The van der Waals surface area contributed by atoms with Crippen LogP contribution in [-0.2, 0) is 13.0 Å². The number of aromatic nitrogens is 2. The minimum Gasteiger partial charge on any atom is -0.338 e. The first-order chi connectivity index (χ1) is 8.17. The number of hydrogen-bond acceptors (Lipinski definition) is 5. The Morgan fingerprint density at radius 1 is 1.50 bits per heavy atom. The molecule has 0 radical (unpaired) electrons. The van der Waals surface area contributed by atoms with Gasteiger partial charge in [-0.05, 0) is 19.4 Å². The van der Waals surface area contributed by atoms with E-state index in [2.05, 4.69) is 34.2 Å². The van der Waals surface area contributed by atoms with Gasteiger partial charge in [0.1, 0.15) is 0 Å². The van der Waals surface area contributed by atoms with Crippen molar-refractivity contribution in [1.82, 2.24) is 20.4 Å². The number of rotatable bonds is 5. The van der Waals surface area contributed by atoms with Gasteiger partial charge in [-0.15, -0.1) is 12.4 Å².